The molecule has 8 heteroatoms. The fraction of sp³-hybridized carbons (Fsp3) is 0.257. The number of nitriles is 1. The second-order valence-electron chi connectivity index (χ2n) is 11.1. The predicted molar refractivity (Wildman–Crippen MR) is 163 cm³/mol. The van der Waals surface area contributed by atoms with E-state index in [9.17, 15) is 14.8 Å². The summed E-state index contributed by atoms with van der Waals surface area (Å²) in [6.45, 7) is 6.01. The van der Waals surface area contributed by atoms with Crippen LogP contribution in [0.5, 0.6) is 11.5 Å². The van der Waals surface area contributed by atoms with Crippen molar-refractivity contribution in [1.29, 1.82) is 5.26 Å². The Labute approximate surface area is 255 Å². The second kappa shape index (κ2) is 12.5. The molecule has 1 fully saturated rings. The molecule has 2 atom stereocenters. The van der Waals surface area contributed by atoms with E-state index in [1.165, 1.54) is 12.3 Å². The first-order valence-corrected chi connectivity index (χ1v) is 14.7. The molecule has 0 saturated carbocycles. The van der Waals surface area contributed by atoms with Gasteiger partial charge in [-0.1, -0.05) is 54.6 Å². The smallest absolute Gasteiger partial charge is 0.142 e. The van der Waals surface area contributed by atoms with Gasteiger partial charge < -0.3 is 14.6 Å². The van der Waals surface area contributed by atoms with Crippen molar-refractivity contribution >= 4 is 11.6 Å². The second-order valence-corrected chi connectivity index (χ2v) is 11.5. The van der Waals surface area contributed by atoms with Crippen LogP contribution in [0.3, 0.4) is 0 Å². The number of pyridine rings is 1. The Bertz CT molecular complexity index is 1720. The number of fused-ring (bicyclic) bond motifs is 1. The minimum atomic E-state index is -0.246. The van der Waals surface area contributed by atoms with Gasteiger partial charge in [0.15, 0.2) is 0 Å². The molecule has 1 aliphatic heterocycles. The van der Waals surface area contributed by atoms with Crippen LogP contribution in [0.1, 0.15) is 46.8 Å². The lowest BCUT2D eigenvalue weighted by Crippen LogP contribution is -2.21. The highest BCUT2D eigenvalue weighted by molar-refractivity contribution is 6.32. The molecule has 0 spiro atoms. The molecular formula is C35H31ClFN3O3. The molecule has 6 nitrogen and oxygen atoms in total. The lowest BCUT2D eigenvalue weighted by molar-refractivity contribution is 0.205. The van der Waals surface area contributed by atoms with Crippen LogP contribution in [0.15, 0.2) is 85.4 Å². The fourth-order valence-electron chi connectivity index (χ4n) is 6.03. The van der Waals surface area contributed by atoms with E-state index < -0.39 is 0 Å². The lowest BCUT2D eigenvalue weighted by atomic mass is 9.96. The maximum absolute atomic E-state index is 14.7. The molecule has 0 radical (unpaired) electrons. The number of hydrogen-bond acceptors (Lipinski definition) is 6. The Kier molecular flexibility index (Phi) is 8.33. The Morgan fingerprint density at radius 2 is 1.93 bits per heavy atom. The predicted octanol–water partition coefficient (Wildman–Crippen LogP) is 7.95. The van der Waals surface area contributed by atoms with E-state index in [1.54, 1.807) is 24.4 Å². The number of nitrogens with zero attached hydrogens (tertiary/aromatic N) is 3. The average Bonchev–Trinajstić information content (AvgIpc) is 3.66. The molecule has 0 amide bonds. The molecule has 0 unspecified atom stereocenters. The maximum Gasteiger partial charge on any atom is 0.142 e. The highest BCUT2D eigenvalue weighted by Crippen LogP contribution is 2.43. The molecule has 1 aliphatic carbocycles. The topological polar surface area (TPSA) is 78.6 Å². The monoisotopic (exact) mass is 595 g/mol. The van der Waals surface area contributed by atoms with Gasteiger partial charge in [-0.15, -0.1) is 0 Å². The van der Waals surface area contributed by atoms with Crippen LogP contribution in [-0.4, -0.2) is 28.1 Å². The Morgan fingerprint density at radius 3 is 2.72 bits per heavy atom. The van der Waals surface area contributed by atoms with Crippen LogP contribution < -0.4 is 9.47 Å². The van der Waals surface area contributed by atoms with Gasteiger partial charge in [-0.2, -0.15) is 5.26 Å². The van der Waals surface area contributed by atoms with Crippen molar-refractivity contribution in [3.8, 4) is 28.7 Å². The third kappa shape index (κ3) is 6.22. The number of hydrogen-bond donors (Lipinski definition) is 1. The molecule has 1 aromatic heterocycles. The number of rotatable bonds is 9. The number of halogens is 2. The van der Waals surface area contributed by atoms with Crippen molar-refractivity contribution < 1.29 is 19.0 Å². The molecule has 3 aromatic carbocycles. The van der Waals surface area contributed by atoms with Crippen LogP contribution in [0.25, 0.3) is 11.1 Å². The number of aliphatic hydroxyl groups excluding tert-OH is 1. The van der Waals surface area contributed by atoms with Gasteiger partial charge in [-0.25, -0.2) is 4.39 Å². The molecule has 1 saturated heterocycles. The molecule has 6 rings (SSSR count). The summed E-state index contributed by atoms with van der Waals surface area (Å²) in [6.07, 6.45) is 5.28. The number of aliphatic hydroxyl groups is 1. The Hall–Kier alpha value is -4.38. The molecule has 43 heavy (non-hydrogen) atoms. The zero-order chi connectivity index (χ0) is 29.9. The molecule has 218 valence electrons. The largest absolute Gasteiger partial charge is 0.513 e. The van der Waals surface area contributed by atoms with Gasteiger partial charge in [-0.3, -0.25) is 9.88 Å². The minimum Gasteiger partial charge on any atom is -0.513 e. The van der Waals surface area contributed by atoms with Gasteiger partial charge in [0, 0.05) is 54.2 Å². The molecular weight excluding hydrogens is 565 g/mol. The summed E-state index contributed by atoms with van der Waals surface area (Å²) in [4.78, 5) is 6.38. The van der Waals surface area contributed by atoms with Crippen LogP contribution in [0, 0.1) is 23.1 Å². The molecule has 0 bridgehead atoms. The van der Waals surface area contributed by atoms with Crippen LogP contribution in [0.2, 0.25) is 5.02 Å². The van der Waals surface area contributed by atoms with Crippen molar-refractivity contribution in [2.75, 3.05) is 13.1 Å². The van der Waals surface area contributed by atoms with Crippen LogP contribution in [-0.2, 0) is 19.6 Å². The van der Waals surface area contributed by atoms with Crippen LogP contribution in [0.4, 0.5) is 4.39 Å². The van der Waals surface area contributed by atoms with Crippen LogP contribution >= 0.6 is 11.6 Å². The van der Waals surface area contributed by atoms with Crippen molar-refractivity contribution in [3.05, 3.63) is 124 Å². The summed E-state index contributed by atoms with van der Waals surface area (Å²) in [5.41, 5.74) is 5.70. The Morgan fingerprint density at radius 1 is 1.09 bits per heavy atom. The van der Waals surface area contributed by atoms with Gasteiger partial charge in [0.25, 0.3) is 0 Å². The van der Waals surface area contributed by atoms with E-state index in [-0.39, 0.29) is 30.2 Å². The summed E-state index contributed by atoms with van der Waals surface area (Å²) in [7, 11) is 0. The van der Waals surface area contributed by atoms with Crippen molar-refractivity contribution in [3.63, 3.8) is 0 Å². The normalized spacial score (nSPS) is 17.8. The minimum absolute atomic E-state index is 0.0407. The summed E-state index contributed by atoms with van der Waals surface area (Å²) >= 11 is 6.83. The van der Waals surface area contributed by atoms with Crippen molar-refractivity contribution in [2.45, 2.75) is 38.5 Å². The summed E-state index contributed by atoms with van der Waals surface area (Å²) in [5.74, 6) is 1.12. The van der Waals surface area contributed by atoms with Crippen molar-refractivity contribution in [1.82, 2.24) is 9.88 Å². The number of benzene rings is 3. The molecule has 4 aromatic rings. The fourth-order valence-corrected chi connectivity index (χ4v) is 6.26. The highest BCUT2D eigenvalue weighted by atomic mass is 35.5. The average molecular weight is 596 g/mol. The maximum atomic E-state index is 14.7. The third-order valence-corrected chi connectivity index (χ3v) is 8.52. The van der Waals surface area contributed by atoms with Gasteiger partial charge in [-0.05, 0) is 60.7 Å². The number of aromatic nitrogens is 1. The van der Waals surface area contributed by atoms with E-state index in [2.05, 4.69) is 22.5 Å². The Balaban J connectivity index is 1.28. The molecule has 2 aliphatic rings. The highest BCUT2D eigenvalue weighted by Gasteiger charge is 2.29. The van der Waals surface area contributed by atoms with Gasteiger partial charge in [0.05, 0.1) is 16.3 Å². The van der Waals surface area contributed by atoms with E-state index in [0.29, 0.717) is 40.7 Å². The summed E-state index contributed by atoms with van der Waals surface area (Å²) in [5, 5.41) is 19.6. The standard InChI is InChI=1S/C35H31ClFN3O3/c1-22(41)25-11-12-40(19-25)20-26-14-31(36)35(15-34(26)42-21-24-13-23(16-38)17-39-18-24)43-33-10-9-28-27(6-4-7-30(28)33)29-5-2-3-8-32(29)37/h2-8,13-15,17-18,25,33,41H,1,9-12,19-21H2/t25-,33-/m0/s1. The number of ether oxygens (including phenoxy) is 2. The summed E-state index contributed by atoms with van der Waals surface area (Å²) < 4.78 is 27.5. The summed E-state index contributed by atoms with van der Waals surface area (Å²) in [6, 6.07) is 20.3. The van der Waals surface area contributed by atoms with Gasteiger partial charge in [0.1, 0.15) is 36.1 Å². The SMILES string of the molecule is C=C(O)[C@H]1CCN(Cc2cc(Cl)c(O[C@H]3CCc4c(-c5ccccc5F)cccc43)cc2OCc2cncc(C#N)c2)C1. The zero-order valence-corrected chi connectivity index (χ0v) is 24.4. The zero-order valence-electron chi connectivity index (χ0n) is 23.6. The van der Waals surface area contributed by atoms with E-state index >= 15 is 0 Å². The molecule has 1 N–H and O–H groups in total. The first kappa shape index (κ1) is 28.7. The molecule has 2 heterocycles. The van der Waals surface area contributed by atoms with Gasteiger partial charge >= 0.3 is 0 Å². The number of likely N-dealkylation sites (tertiary alicyclic amines) is 1. The lowest BCUT2D eigenvalue weighted by Gasteiger charge is -2.22. The van der Waals surface area contributed by atoms with Crippen molar-refractivity contribution in [2.24, 2.45) is 5.92 Å². The first-order valence-electron chi connectivity index (χ1n) is 14.3. The third-order valence-electron chi connectivity index (χ3n) is 8.22. The quantitative estimate of drug-likeness (QED) is 0.198. The first-order chi connectivity index (χ1) is 20.9. The van der Waals surface area contributed by atoms with E-state index in [0.717, 1.165) is 53.6 Å². The van der Waals surface area contributed by atoms with Gasteiger partial charge in [0.2, 0.25) is 0 Å². The van der Waals surface area contributed by atoms with E-state index in [1.807, 2.05) is 36.4 Å². The van der Waals surface area contributed by atoms with E-state index in [4.69, 9.17) is 21.1 Å².